The van der Waals surface area contributed by atoms with E-state index in [1.165, 1.54) is 44.1 Å². The topological polar surface area (TPSA) is 21.3 Å². The Morgan fingerprint density at radius 3 is 2.57 bits per heavy atom. The molecule has 2 nitrogen and oxygen atoms in total. The van der Waals surface area contributed by atoms with Crippen LogP contribution in [0.5, 0.6) is 5.75 Å². The molecular weight excluding hydrogens is 282 g/mol. The molecule has 118 valence electrons. The van der Waals surface area contributed by atoms with Gasteiger partial charge in [0.2, 0.25) is 0 Å². The lowest BCUT2D eigenvalue weighted by molar-refractivity contribution is 0.324. The first-order valence-electron chi connectivity index (χ1n) is 8.33. The van der Waals surface area contributed by atoms with Gasteiger partial charge in [-0.05, 0) is 49.4 Å². The van der Waals surface area contributed by atoms with E-state index in [1.54, 1.807) is 7.11 Å². The molecule has 21 heavy (non-hydrogen) atoms. The standard InChI is InChI=1S/C18H28ClNO/c1-3-12-20-18(14-8-6-4-5-7-9-14)15-10-11-16(19)17(13-15)21-2/h10-11,13-14,18,20H,3-9,12H2,1-2H3. The number of hydrogen-bond acceptors (Lipinski definition) is 2. The predicted octanol–water partition coefficient (Wildman–Crippen LogP) is 5.36. The van der Waals surface area contributed by atoms with Crippen LogP contribution in [0.1, 0.15) is 63.5 Å². The molecule has 1 atom stereocenters. The van der Waals surface area contributed by atoms with E-state index in [9.17, 15) is 0 Å². The maximum atomic E-state index is 6.17. The SMILES string of the molecule is CCCNC(c1ccc(Cl)c(OC)c1)C1CCCCCC1. The highest BCUT2D eigenvalue weighted by Gasteiger charge is 2.24. The van der Waals surface area contributed by atoms with Crippen LogP contribution in [0.3, 0.4) is 0 Å². The summed E-state index contributed by atoms with van der Waals surface area (Å²) in [5.74, 6) is 1.51. The van der Waals surface area contributed by atoms with Crippen molar-refractivity contribution in [3.8, 4) is 5.75 Å². The van der Waals surface area contributed by atoms with Gasteiger partial charge in [0.05, 0.1) is 12.1 Å². The summed E-state index contributed by atoms with van der Waals surface area (Å²) in [7, 11) is 1.69. The lowest BCUT2D eigenvalue weighted by atomic mass is 9.87. The molecule has 3 heteroatoms. The predicted molar refractivity (Wildman–Crippen MR) is 90.2 cm³/mol. The van der Waals surface area contributed by atoms with Crippen molar-refractivity contribution in [2.24, 2.45) is 5.92 Å². The number of nitrogens with one attached hydrogen (secondary N) is 1. The van der Waals surface area contributed by atoms with E-state index in [-0.39, 0.29) is 0 Å². The average molecular weight is 310 g/mol. The Morgan fingerprint density at radius 1 is 1.24 bits per heavy atom. The van der Waals surface area contributed by atoms with Crippen molar-refractivity contribution in [2.75, 3.05) is 13.7 Å². The van der Waals surface area contributed by atoms with Crippen molar-refractivity contribution in [1.29, 1.82) is 0 Å². The zero-order valence-corrected chi connectivity index (χ0v) is 14.1. The van der Waals surface area contributed by atoms with E-state index in [1.807, 2.05) is 6.07 Å². The van der Waals surface area contributed by atoms with Crippen LogP contribution in [-0.2, 0) is 0 Å². The highest BCUT2D eigenvalue weighted by atomic mass is 35.5. The summed E-state index contributed by atoms with van der Waals surface area (Å²) in [6.45, 7) is 3.28. The summed E-state index contributed by atoms with van der Waals surface area (Å²) in [4.78, 5) is 0. The van der Waals surface area contributed by atoms with Gasteiger partial charge in [0.15, 0.2) is 0 Å². The van der Waals surface area contributed by atoms with Gasteiger partial charge in [-0.25, -0.2) is 0 Å². The minimum Gasteiger partial charge on any atom is -0.495 e. The van der Waals surface area contributed by atoms with Gasteiger partial charge < -0.3 is 10.1 Å². The highest BCUT2D eigenvalue weighted by molar-refractivity contribution is 6.32. The van der Waals surface area contributed by atoms with E-state index in [4.69, 9.17) is 16.3 Å². The third kappa shape index (κ3) is 4.62. The van der Waals surface area contributed by atoms with Crippen molar-refractivity contribution < 1.29 is 4.74 Å². The maximum Gasteiger partial charge on any atom is 0.137 e. The number of halogens is 1. The van der Waals surface area contributed by atoms with E-state index in [0.29, 0.717) is 11.1 Å². The minimum atomic E-state index is 0.425. The Bertz CT molecular complexity index is 427. The maximum absolute atomic E-state index is 6.17. The highest BCUT2D eigenvalue weighted by Crippen LogP contribution is 2.36. The van der Waals surface area contributed by atoms with Crippen LogP contribution in [0.15, 0.2) is 18.2 Å². The largest absolute Gasteiger partial charge is 0.495 e. The Labute approximate surface area is 134 Å². The van der Waals surface area contributed by atoms with Gasteiger partial charge >= 0.3 is 0 Å². The van der Waals surface area contributed by atoms with Gasteiger partial charge in [0.1, 0.15) is 5.75 Å². The number of hydrogen-bond donors (Lipinski definition) is 1. The molecule has 0 aliphatic heterocycles. The number of methoxy groups -OCH3 is 1. The molecule has 1 aliphatic rings. The first-order chi connectivity index (χ1) is 10.3. The van der Waals surface area contributed by atoms with Crippen LogP contribution >= 0.6 is 11.6 Å². The lowest BCUT2D eigenvalue weighted by Gasteiger charge is -2.28. The smallest absolute Gasteiger partial charge is 0.137 e. The van der Waals surface area contributed by atoms with Gasteiger partial charge in [-0.2, -0.15) is 0 Å². The fourth-order valence-corrected chi connectivity index (χ4v) is 3.57. The second-order valence-electron chi connectivity index (χ2n) is 6.08. The molecule has 0 radical (unpaired) electrons. The molecule has 1 fully saturated rings. The molecule has 1 N–H and O–H groups in total. The Hall–Kier alpha value is -0.730. The van der Waals surface area contributed by atoms with E-state index >= 15 is 0 Å². The molecule has 1 aromatic rings. The molecule has 0 aromatic heterocycles. The van der Waals surface area contributed by atoms with Crippen LogP contribution in [0.25, 0.3) is 0 Å². The second kappa shape index (κ2) is 8.65. The first-order valence-corrected chi connectivity index (χ1v) is 8.71. The quantitative estimate of drug-likeness (QED) is 0.714. The Morgan fingerprint density at radius 2 is 1.95 bits per heavy atom. The molecule has 1 unspecified atom stereocenters. The third-order valence-electron chi connectivity index (χ3n) is 4.52. The summed E-state index contributed by atoms with van der Waals surface area (Å²) in [5, 5.41) is 4.45. The second-order valence-corrected chi connectivity index (χ2v) is 6.48. The third-order valence-corrected chi connectivity index (χ3v) is 4.83. The Balaban J connectivity index is 2.21. The summed E-state index contributed by atoms with van der Waals surface area (Å²) in [6, 6.07) is 6.66. The molecule has 0 spiro atoms. The minimum absolute atomic E-state index is 0.425. The van der Waals surface area contributed by atoms with Gasteiger partial charge in [0, 0.05) is 6.04 Å². The summed E-state index contributed by atoms with van der Waals surface area (Å²) in [6.07, 6.45) is 9.31. The summed E-state index contributed by atoms with van der Waals surface area (Å²) < 4.78 is 5.39. The molecular formula is C18H28ClNO. The van der Waals surface area contributed by atoms with Crippen LogP contribution in [-0.4, -0.2) is 13.7 Å². The van der Waals surface area contributed by atoms with Crippen LogP contribution in [0, 0.1) is 5.92 Å². The van der Waals surface area contributed by atoms with Crippen LogP contribution in [0.2, 0.25) is 5.02 Å². The Kier molecular flexibility index (Phi) is 6.85. The fourth-order valence-electron chi connectivity index (χ4n) is 3.37. The molecule has 1 aromatic carbocycles. The number of ether oxygens (including phenoxy) is 1. The molecule has 1 saturated carbocycles. The van der Waals surface area contributed by atoms with E-state index in [0.717, 1.165) is 24.6 Å². The molecule has 2 rings (SSSR count). The summed E-state index contributed by atoms with van der Waals surface area (Å²) in [5.41, 5.74) is 1.32. The molecule has 0 saturated heterocycles. The normalized spacial score (nSPS) is 18.2. The van der Waals surface area contributed by atoms with Crippen LogP contribution < -0.4 is 10.1 Å². The van der Waals surface area contributed by atoms with Crippen molar-refractivity contribution >= 4 is 11.6 Å². The number of benzene rings is 1. The average Bonchev–Trinajstić information content (AvgIpc) is 2.78. The zero-order chi connectivity index (χ0) is 15.1. The zero-order valence-electron chi connectivity index (χ0n) is 13.3. The fraction of sp³-hybridized carbons (Fsp3) is 0.667. The van der Waals surface area contributed by atoms with Gasteiger partial charge in [0.25, 0.3) is 0 Å². The summed E-state index contributed by atoms with van der Waals surface area (Å²) >= 11 is 6.17. The molecule has 1 aliphatic carbocycles. The van der Waals surface area contributed by atoms with Gasteiger partial charge in [-0.3, -0.25) is 0 Å². The first kappa shape index (κ1) is 16.6. The monoisotopic (exact) mass is 309 g/mol. The van der Waals surface area contributed by atoms with E-state index < -0.39 is 0 Å². The molecule has 0 heterocycles. The van der Waals surface area contributed by atoms with Crippen LogP contribution in [0.4, 0.5) is 0 Å². The van der Waals surface area contributed by atoms with Crippen molar-refractivity contribution in [3.63, 3.8) is 0 Å². The molecule has 0 bridgehead atoms. The number of rotatable bonds is 6. The van der Waals surface area contributed by atoms with Crippen molar-refractivity contribution in [2.45, 2.75) is 57.9 Å². The van der Waals surface area contributed by atoms with Crippen molar-refractivity contribution in [3.05, 3.63) is 28.8 Å². The molecule has 0 amide bonds. The lowest BCUT2D eigenvalue weighted by Crippen LogP contribution is -2.29. The van der Waals surface area contributed by atoms with E-state index in [2.05, 4.69) is 24.4 Å². The van der Waals surface area contributed by atoms with Gasteiger partial charge in [-0.1, -0.05) is 50.3 Å². The van der Waals surface area contributed by atoms with Crippen molar-refractivity contribution in [1.82, 2.24) is 5.32 Å². The van der Waals surface area contributed by atoms with Gasteiger partial charge in [-0.15, -0.1) is 0 Å².